The summed E-state index contributed by atoms with van der Waals surface area (Å²) in [6, 6.07) is 7.50. The summed E-state index contributed by atoms with van der Waals surface area (Å²) in [5.41, 5.74) is 0.630. The standard InChI is InChI=1S/C19H28N2O3/c22-15-9-13-21(14-10-15)12-4-11-20-19(23)17-7-1-2-8-18(17)24-16-5-3-6-16/h1-2,7-8,15-16,22H,3-6,9-14H2,(H,20,23). The van der Waals surface area contributed by atoms with Crippen molar-refractivity contribution in [2.24, 2.45) is 0 Å². The minimum Gasteiger partial charge on any atom is -0.490 e. The number of likely N-dealkylation sites (tertiary alicyclic amines) is 1. The Morgan fingerprint density at radius 1 is 1.21 bits per heavy atom. The van der Waals surface area contributed by atoms with Crippen LogP contribution in [-0.2, 0) is 0 Å². The lowest BCUT2D eigenvalue weighted by Gasteiger charge is -2.29. The van der Waals surface area contributed by atoms with E-state index in [1.165, 1.54) is 6.42 Å². The number of nitrogens with one attached hydrogen (secondary N) is 1. The maximum atomic E-state index is 12.4. The highest BCUT2D eigenvalue weighted by Gasteiger charge is 2.22. The fourth-order valence-corrected chi connectivity index (χ4v) is 3.17. The largest absolute Gasteiger partial charge is 0.490 e. The van der Waals surface area contributed by atoms with Crippen molar-refractivity contribution in [3.8, 4) is 5.75 Å². The number of rotatable bonds is 7. The number of carbonyl (C=O) groups is 1. The first-order valence-electron chi connectivity index (χ1n) is 9.16. The third-order valence-corrected chi connectivity index (χ3v) is 4.97. The topological polar surface area (TPSA) is 61.8 Å². The van der Waals surface area contributed by atoms with Crippen LogP contribution in [0.15, 0.2) is 24.3 Å². The Kier molecular flexibility index (Phi) is 6.10. The van der Waals surface area contributed by atoms with Gasteiger partial charge < -0.3 is 20.1 Å². The number of hydrogen-bond acceptors (Lipinski definition) is 4. The number of benzene rings is 1. The summed E-state index contributed by atoms with van der Waals surface area (Å²) >= 11 is 0. The number of nitrogens with zero attached hydrogens (tertiary/aromatic N) is 1. The van der Waals surface area contributed by atoms with E-state index in [0.29, 0.717) is 17.9 Å². The number of ether oxygens (including phenoxy) is 1. The van der Waals surface area contributed by atoms with Gasteiger partial charge in [-0.3, -0.25) is 4.79 Å². The molecule has 1 aromatic rings. The number of piperidine rings is 1. The van der Waals surface area contributed by atoms with Crippen LogP contribution in [0, 0.1) is 0 Å². The van der Waals surface area contributed by atoms with E-state index < -0.39 is 0 Å². The smallest absolute Gasteiger partial charge is 0.255 e. The zero-order chi connectivity index (χ0) is 16.8. The predicted molar refractivity (Wildman–Crippen MR) is 93.3 cm³/mol. The molecule has 1 amide bonds. The van der Waals surface area contributed by atoms with Gasteiger partial charge in [-0.05, 0) is 57.2 Å². The van der Waals surface area contributed by atoms with E-state index >= 15 is 0 Å². The maximum absolute atomic E-state index is 12.4. The molecule has 132 valence electrons. The molecule has 0 radical (unpaired) electrons. The van der Waals surface area contributed by atoms with Gasteiger partial charge in [0.2, 0.25) is 0 Å². The van der Waals surface area contributed by atoms with E-state index in [9.17, 15) is 9.90 Å². The Balaban J connectivity index is 1.41. The Morgan fingerprint density at radius 3 is 2.67 bits per heavy atom. The van der Waals surface area contributed by atoms with Gasteiger partial charge in [0, 0.05) is 19.6 Å². The number of hydrogen-bond donors (Lipinski definition) is 2. The van der Waals surface area contributed by atoms with E-state index in [4.69, 9.17) is 4.74 Å². The number of para-hydroxylation sites is 1. The molecule has 0 atom stereocenters. The van der Waals surface area contributed by atoms with Gasteiger partial charge in [-0.2, -0.15) is 0 Å². The van der Waals surface area contributed by atoms with Crippen molar-refractivity contribution in [1.82, 2.24) is 10.2 Å². The molecule has 5 nitrogen and oxygen atoms in total. The van der Waals surface area contributed by atoms with Crippen molar-refractivity contribution >= 4 is 5.91 Å². The molecule has 1 saturated carbocycles. The molecule has 2 aliphatic rings. The van der Waals surface area contributed by atoms with Gasteiger partial charge >= 0.3 is 0 Å². The molecule has 2 fully saturated rings. The first-order chi connectivity index (χ1) is 11.7. The van der Waals surface area contributed by atoms with E-state index in [1.807, 2.05) is 24.3 Å². The van der Waals surface area contributed by atoms with Gasteiger partial charge in [-0.1, -0.05) is 12.1 Å². The Bertz CT molecular complexity index is 537. The Labute approximate surface area is 144 Å². The average Bonchev–Trinajstić information content (AvgIpc) is 2.57. The molecule has 1 aliphatic carbocycles. The highest BCUT2D eigenvalue weighted by atomic mass is 16.5. The second-order valence-corrected chi connectivity index (χ2v) is 6.85. The third kappa shape index (κ3) is 4.71. The molecule has 0 spiro atoms. The summed E-state index contributed by atoms with van der Waals surface area (Å²) in [5.74, 6) is 0.642. The highest BCUT2D eigenvalue weighted by molar-refractivity contribution is 5.96. The quantitative estimate of drug-likeness (QED) is 0.752. The average molecular weight is 332 g/mol. The second kappa shape index (κ2) is 8.49. The van der Waals surface area contributed by atoms with Gasteiger partial charge in [0.15, 0.2) is 0 Å². The zero-order valence-electron chi connectivity index (χ0n) is 14.2. The van der Waals surface area contributed by atoms with Crippen LogP contribution in [0.4, 0.5) is 0 Å². The second-order valence-electron chi connectivity index (χ2n) is 6.85. The third-order valence-electron chi connectivity index (χ3n) is 4.97. The van der Waals surface area contributed by atoms with Crippen LogP contribution < -0.4 is 10.1 Å². The zero-order valence-corrected chi connectivity index (χ0v) is 14.2. The van der Waals surface area contributed by atoms with Crippen molar-refractivity contribution in [2.75, 3.05) is 26.2 Å². The van der Waals surface area contributed by atoms with E-state index in [-0.39, 0.29) is 18.1 Å². The predicted octanol–water partition coefficient (Wildman–Crippen LogP) is 2.19. The van der Waals surface area contributed by atoms with E-state index in [2.05, 4.69) is 10.2 Å². The molecule has 1 aromatic carbocycles. The van der Waals surface area contributed by atoms with E-state index in [1.54, 1.807) is 0 Å². The minimum atomic E-state index is -0.131. The Hall–Kier alpha value is -1.59. The van der Waals surface area contributed by atoms with Gasteiger partial charge in [0.25, 0.3) is 5.91 Å². The van der Waals surface area contributed by atoms with Crippen molar-refractivity contribution in [3.63, 3.8) is 0 Å². The molecule has 0 aromatic heterocycles. The minimum absolute atomic E-state index is 0.0565. The summed E-state index contributed by atoms with van der Waals surface area (Å²) < 4.78 is 5.92. The van der Waals surface area contributed by atoms with Crippen LogP contribution >= 0.6 is 0 Å². The van der Waals surface area contributed by atoms with Gasteiger partial charge in [-0.25, -0.2) is 0 Å². The molecule has 1 saturated heterocycles. The summed E-state index contributed by atoms with van der Waals surface area (Å²) in [4.78, 5) is 14.8. The summed E-state index contributed by atoms with van der Waals surface area (Å²) in [7, 11) is 0. The van der Waals surface area contributed by atoms with Gasteiger partial charge in [0.1, 0.15) is 5.75 Å². The van der Waals surface area contributed by atoms with Crippen LogP contribution in [0.3, 0.4) is 0 Å². The first kappa shape index (κ1) is 17.2. The van der Waals surface area contributed by atoms with Crippen molar-refractivity contribution in [3.05, 3.63) is 29.8 Å². The van der Waals surface area contributed by atoms with Crippen LogP contribution in [0.1, 0.15) is 48.9 Å². The lowest BCUT2D eigenvalue weighted by molar-refractivity contribution is 0.0815. The van der Waals surface area contributed by atoms with Crippen molar-refractivity contribution in [1.29, 1.82) is 0 Å². The van der Waals surface area contributed by atoms with Crippen LogP contribution in [-0.4, -0.2) is 54.3 Å². The molecule has 24 heavy (non-hydrogen) atoms. The monoisotopic (exact) mass is 332 g/mol. The van der Waals surface area contributed by atoms with Gasteiger partial charge in [-0.15, -0.1) is 0 Å². The summed E-state index contributed by atoms with van der Waals surface area (Å²) in [5, 5.41) is 12.5. The fourth-order valence-electron chi connectivity index (χ4n) is 3.17. The highest BCUT2D eigenvalue weighted by Crippen LogP contribution is 2.27. The van der Waals surface area contributed by atoms with Crippen molar-refractivity contribution in [2.45, 2.75) is 50.7 Å². The summed E-state index contributed by atoms with van der Waals surface area (Å²) in [6.07, 6.45) is 6.17. The number of aliphatic hydroxyl groups is 1. The number of amides is 1. The summed E-state index contributed by atoms with van der Waals surface area (Å²) in [6.45, 7) is 3.53. The van der Waals surface area contributed by atoms with Crippen LogP contribution in [0.25, 0.3) is 0 Å². The Morgan fingerprint density at radius 2 is 1.96 bits per heavy atom. The maximum Gasteiger partial charge on any atom is 0.255 e. The molecular weight excluding hydrogens is 304 g/mol. The fraction of sp³-hybridized carbons (Fsp3) is 0.632. The molecule has 3 rings (SSSR count). The normalized spacial score (nSPS) is 19.7. The molecule has 5 heteroatoms. The van der Waals surface area contributed by atoms with Crippen LogP contribution in [0.5, 0.6) is 5.75 Å². The lowest BCUT2D eigenvalue weighted by Crippen LogP contribution is -2.37. The molecular formula is C19H28N2O3. The molecule has 1 heterocycles. The first-order valence-corrected chi connectivity index (χ1v) is 9.16. The molecule has 1 aliphatic heterocycles. The molecule has 0 unspecified atom stereocenters. The number of aliphatic hydroxyl groups excluding tert-OH is 1. The van der Waals surface area contributed by atoms with E-state index in [0.717, 1.165) is 51.7 Å². The van der Waals surface area contributed by atoms with Crippen LogP contribution in [0.2, 0.25) is 0 Å². The SMILES string of the molecule is O=C(NCCCN1CCC(O)CC1)c1ccccc1OC1CCC1. The van der Waals surface area contributed by atoms with Crippen molar-refractivity contribution < 1.29 is 14.6 Å². The van der Waals surface area contributed by atoms with Gasteiger partial charge in [0.05, 0.1) is 17.8 Å². The lowest BCUT2D eigenvalue weighted by atomic mass is 9.96. The molecule has 0 bridgehead atoms. The number of carbonyl (C=O) groups excluding carboxylic acids is 1. The molecule has 2 N–H and O–H groups in total.